The van der Waals surface area contributed by atoms with Crippen LogP contribution in [0.2, 0.25) is 0 Å². The number of amides is 1. The number of rotatable bonds is 5. The van der Waals surface area contributed by atoms with Crippen molar-refractivity contribution in [2.24, 2.45) is 5.92 Å². The quantitative estimate of drug-likeness (QED) is 0.856. The molecule has 1 aromatic carbocycles. The molecule has 1 amide bonds. The summed E-state index contributed by atoms with van der Waals surface area (Å²) in [7, 11) is 0. The van der Waals surface area contributed by atoms with Crippen LogP contribution in [-0.4, -0.2) is 37.1 Å². The molecule has 0 radical (unpaired) electrons. The second kappa shape index (κ2) is 7.90. The Morgan fingerprint density at radius 3 is 2.85 bits per heavy atom. The highest BCUT2D eigenvalue weighted by Crippen LogP contribution is 2.34. The van der Waals surface area contributed by atoms with Crippen molar-refractivity contribution in [1.82, 2.24) is 10.2 Å². The highest BCUT2D eigenvalue weighted by Gasteiger charge is 2.24. The first kappa shape index (κ1) is 18.3. The van der Waals surface area contributed by atoms with Gasteiger partial charge in [-0.25, -0.2) is 0 Å². The molecule has 6 heteroatoms. The summed E-state index contributed by atoms with van der Waals surface area (Å²) in [4.78, 5) is 16.4. The second-order valence-corrected chi connectivity index (χ2v) is 8.52. The zero-order valence-corrected chi connectivity index (χ0v) is 16.7. The van der Waals surface area contributed by atoms with Gasteiger partial charge in [-0.3, -0.25) is 9.69 Å². The summed E-state index contributed by atoms with van der Waals surface area (Å²) in [5.74, 6) is 1.89. The predicted molar refractivity (Wildman–Crippen MR) is 106 cm³/mol. The fourth-order valence-corrected chi connectivity index (χ4v) is 4.64. The van der Waals surface area contributed by atoms with E-state index in [9.17, 15) is 4.79 Å². The summed E-state index contributed by atoms with van der Waals surface area (Å²) in [5, 5.41) is 5.37. The number of carbonyl (C=O) groups excluding carboxylic acids is 1. The molecule has 4 rings (SSSR count). The summed E-state index contributed by atoms with van der Waals surface area (Å²) in [6.45, 7) is 7.64. The van der Waals surface area contributed by atoms with Gasteiger partial charge in [0.05, 0.1) is 12.6 Å². The van der Waals surface area contributed by atoms with Gasteiger partial charge in [0, 0.05) is 18.0 Å². The molecule has 3 heterocycles. The molecular formula is C21H26N2O3S. The Balaban J connectivity index is 1.42. The maximum atomic E-state index is 12.7. The Morgan fingerprint density at radius 1 is 1.22 bits per heavy atom. The molecule has 5 nitrogen and oxygen atoms in total. The van der Waals surface area contributed by atoms with Crippen LogP contribution in [0.1, 0.15) is 35.9 Å². The van der Waals surface area contributed by atoms with E-state index in [1.807, 2.05) is 29.5 Å². The largest absolute Gasteiger partial charge is 0.486 e. The van der Waals surface area contributed by atoms with E-state index in [0.717, 1.165) is 36.6 Å². The van der Waals surface area contributed by atoms with Crippen molar-refractivity contribution >= 4 is 17.2 Å². The van der Waals surface area contributed by atoms with Crippen LogP contribution in [0, 0.1) is 5.92 Å². The van der Waals surface area contributed by atoms with Crippen LogP contribution in [0.5, 0.6) is 11.5 Å². The van der Waals surface area contributed by atoms with E-state index in [-0.39, 0.29) is 17.9 Å². The van der Waals surface area contributed by atoms with Gasteiger partial charge in [0.25, 0.3) is 0 Å². The van der Waals surface area contributed by atoms with Crippen molar-refractivity contribution in [3.05, 3.63) is 45.6 Å². The lowest BCUT2D eigenvalue weighted by Gasteiger charge is -2.29. The molecule has 2 aliphatic rings. The summed E-state index contributed by atoms with van der Waals surface area (Å²) >= 11 is 1.82. The van der Waals surface area contributed by atoms with Gasteiger partial charge in [-0.15, -0.1) is 11.3 Å². The maximum absolute atomic E-state index is 12.7. The van der Waals surface area contributed by atoms with Gasteiger partial charge >= 0.3 is 0 Å². The molecule has 0 fully saturated rings. The smallest absolute Gasteiger partial charge is 0.234 e. The lowest BCUT2D eigenvalue weighted by Crippen LogP contribution is -2.41. The fourth-order valence-electron chi connectivity index (χ4n) is 3.75. The van der Waals surface area contributed by atoms with Gasteiger partial charge in [-0.1, -0.05) is 19.9 Å². The summed E-state index contributed by atoms with van der Waals surface area (Å²) in [6, 6.07) is 8.09. The van der Waals surface area contributed by atoms with Gasteiger partial charge in [-0.2, -0.15) is 0 Å². The Kier molecular flexibility index (Phi) is 5.36. The third kappa shape index (κ3) is 4.12. The number of fused-ring (bicyclic) bond motifs is 2. The van der Waals surface area contributed by atoms with Crippen LogP contribution in [0.25, 0.3) is 0 Å². The average Bonchev–Trinajstić information content (AvgIpc) is 3.13. The minimum absolute atomic E-state index is 0.0465. The van der Waals surface area contributed by atoms with Crippen LogP contribution >= 0.6 is 11.3 Å². The van der Waals surface area contributed by atoms with Crippen LogP contribution in [-0.2, 0) is 17.8 Å². The van der Waals surface area contributed by atoms with E-state index in [0.29, 0.717) is 19.8 Å². The second-order valence-electron chi connectivity index (χ2n) is 7.52. The van der Waals surface area contributed by atoms with Gasteiger partial charge < -0.3 is 14.8 Å². The van der Waals surface area contributed by atoms with Crippen molar-refractivity contribution < 1.29 is 14.3 Å². The van der Waals surface area contributed by atoms with Crippen molar-refractivity contribution in [2.45, 2.75) is 32.9 Å². The Hall–Kier alpha value is -2.05. The number of carbonyl (C=O) groups is 1. The maximum Gasteiger partial charge on any atom is 0.234 e. The third-order valence-electron chi connectivity index (χ3n) is 5.16. The number of hydrogen-bond acceptors (Lipinski definition) is 5. The van der Waals surface area contributed by atoms with E-state index < -0.39 is 0 Å². The van der Waals surface area contributed by atoms with Gasteiger partial charge in [-0.05, 0) is 47.0 Å². The molecule has 0 saturated carbocycles. The standard InChI is InChI=1S/C21H26N2O3S/c1-14(2)21(15-3-4-17-18(11-15)26-9-8-25-17)22-20(24)13-23-7-5-19-16(12-23)6-10-27-19/h3-4,6,10-11,14,21H,5,7-9,12-13H2,1-2H3,(H,22,24). The van der Waals surface area contributed by atoms with E-state index >= 15 is 0 Å². The Morgan fingerprint density at radius 2 is 2.04 bits per heavy atom. The molecule has 1 aromatic heterocycles. The van der Waals surface area contributed by atoms with Crippen molar-refractivity contribution in [1.29, 1.82) is 0 Å². The molecule has 0 saturated heterocycles. The van der Waals surface area contributed by atoms with Gasteiger partial charge in [0.2, 0.25) is 5.91 Å². The molecule has 0 spiro atoms. The van der Waals surface area contributed by atoms with Crippen molar-refractivity contribution in [3.8, 4) is 11.5 Å². The number of benzene rings is 1. The van der Waals surface area contributed by atoms with Crippen LogP contribution in [0.15, 0.2) is 29.6 Å². The van der Waals surface area contributed by atoms with Gasteiger partial charge in [0.1, 0.15) is 13.2 Å². The predicted octanol–water partition coefficient (Wildman–Crippen LogP) is 3.39. The molecule has 2 aliphatic heterocycles. The molecule has 1 atom stereocenters. The monoisotopic (exact) mass is 386 g/mol. The molecule has 0 aliphatic carbocycles. The van der Waals surface area contributed by atoms with Crippen LogP contribution in [0.4, 0.5) is 0 Å². The molecule has 2 aromatic rings. The number of ether oxygens (including phenoxy) is 2. The van der Waals surface area contributed by atoms with Crippen LogP contribution < -0.4 is 14.8 Å². The molecular weight excluding hydrogens is 360 g/mol. The highest BCUT2D eigenvalue weighted by atomic mass is 32.1. The molecule has 0 bridgehead atoms. The fraction of sp³-hybridized carbons (Fsp3) is 0.476. The number of nitrogens with one attached hydrogen (secondary N) is 1. The zero-order valence-electron chi connectivity index (χ0n) is 15.9. The summed E-state index contributed by atoms with van der Waals surface area (Å²) in [6.07, 6.45) is 1.04. The first-order valence-electron chi connectivity index (χ1n) is 9.56. The lowest BCUT2D eigenvalue weighted by atomic mass is 9.95. The van der Waals surface area contributed by atoms with E-state index in [1.54, 1.807) is 0 Å². The minimum atomic E-state index is -0.0465. The lowest BCUT2D eigenvalue weighted by molar-refractivity contribution is -0.123. The van der Waals surface area contributed by atoms with E-state index in [2.05, 4.69) is 35.5 Å². The summed E-state index contributed by atoms with van der Waals surface area (Å²) < 4.78 is 11.3. The normalized spacial score (nSPS) is 17.4. The topological polar surface area (TPSA) is 50.8 Å². The molecule has 144 valence electrons. The van der Waals surface area contributed by atoms with Gasteiger partial charge in [0.15, 0.2) is 11.5 Å². The molecule has 1 unspecified atom stereocenters. The summed E-state index contributed by atoms with van der Waals surface area (Å²) in [5.41, 5.74) is 2.42. The number of hydrogen-bond donors (Lipinski definition) is 1. The SMILES string of the molecule is CC(C)C(NC(=O)CN1CCc2sccc2C1)c1ccc2c(c1)OCCO2. The number of thiophene rings is 1. The average molecular weight is 387 g/mol. The van der Waals surface area contributed by atoms with E-state index in [4.69, 9.17) is 9.47 Å². The van der Waals surface area contributed by atoms with Crippen molar-refractivity contribution in [3.63, 3.8) is 0 Å². The Labute approximate surface area is 164 Å². The first-order chi connectivity index (χ1) is 13.1. The zero-order chi connectivity index (χ0) is 18.8. The first-order valence-corrected chi connectivity index (χ1v) is 10.4. The molecule has 27 heavy (non-hydrogen) atoms. The van der Waals surface area contributed by atoms with Crippen molar-refractivity contribution in [2.75, 3.05) is 26.3 Å². The molecule has 1 N–H and O–H groups in total. The van der Waals surface area contributed by atoms with E-state index in [1.165, 1.54) is 10.4 Å². The minimum Gasteiger partial charge on any atom is -0.486 e. The highest BCUT2D eigenvalue weighted by molar-refractivity contribution is 7.10. The number of nitrogens with zero attached hydrogens (tertiary/aromatic N) is 1. The van der Waals surface area contributed by atoms with Crippen LogP contribution in [0.3, 0.4) is 0 Å². The Bertz CT molecular complexity index is 818. The third-order valence-corrected chi connectivity index (χ3v) is 6.19.